The highest BCUT2D eigenvalue weighted by atomic mass is 32.2. The zero-order valence-electron chi connectivity index (χ0n) is 20.0. The number of likely N-dealkylation sites (tertiary alicyclic amines) is 1. The third-order valence-electron chi connectivity index (χ3n) is 6.83. The van der Waals surface area contributed by atoms with Crippen LogP contribution in [0, 0.1) is 0 Å². The zero-order chi connectivity index (χ0) is 24.4. The molecule has 2 aliphatic heterocycles. The topological polar surface area (TPSA) is 87.7 Å². The molecule has 4 heterocycles. The van der Waals surface area contributed by atoms with E-state index in [0.29, 0.717) is 17.2 Å². The van der Waals surface area contributed by atoms with Crippen LogP contribution in [0.4, 0.5) is 5.69 Å². The smallest absolute Gasteiger partial charge is 0.253 e. The first-order chi connectivity index (χ1) is 17.0. The molecule has 1 saturated heterocycles. The van der Waals surface area contributed by atoms with E-state index in [1.165, 1.54) is 17.3 Å². The Labute approximate surface area is 209 Å². The fraction of sp³-hybridized carbons (Fsp3) is 0.385. The Morgan fingerprint density at radius 2 is 2.06 bits per heavy atom. The van der Waals surface area contributed by atoms with E-state index < -0.39 is 0 Å². The van der Waals surface area contributed by atoms with Crippen LogP contribution >= 0.6 is 11.8 Å². The number of rotatable bonds is 6. The van der Waals surface area contributed by atoms with E-state index in [9.17, 15) is 9.59 Å². The fourth-order valence-corrected chi connectivity index (χ4v) is 5.56. The van der Waals surface area contributed by atoms with Crippen molar-refractivity contribution in [3.05, 3.63) is 53.7 Å². The molecule has 1 aromatic carbocycles. The van der Waals surface area contributed by atoms with Crippen LogP contribution in [-0.4, -0.2) is 77.2 Å². The lowest BCUT2D eigenvalue weighted by Gasteiger charge is -2.37. The minimum atomic E-state index is -0.0255. The van der Waals surface area contributed by atoms with Gasteiger partial charge in [-0.05, 0) is 55.2 Å². The summed E-state index contributed by atoms with van der Waals surface area (Å²) < 4.78 is 5.29. The van der Waals surface area contributed by atoms with Crippen LogP contribution < -0.4 is 10.1 Å². The van der Waals surface area contributed by atoms with E-state index >= 15 is 0 Å². The Morgan fingerprint density at radius 3 is 2.86 bits per heavy atom. The molecule has 1 N–H and O–H groups in total. The number of fused-ring (bicyclic) bond motifs is 2. The molecule has 2 aromatic heterocycles. The maximum absolute atomic E-state index is 13.1. The number of benzene rings is 1. The highest BCUT2D eigenvalue weighted by molar-refractivity contribution is 8.00. The second kappa shape index (κ2) is 10.2. The van der Waals surface area contributed by atoms with Gasteiger partial charge in [0.2, 0.25) is 11.8 Å². The monoisotopic (exact) mass is 491 g/mol. The lowest BCUT2D eigenvalue weighted by atomic mass is 10.0. The van der Waals surface area contributed by atoms with Crippen molar-refractivity contribution in [1.82, 2.24) is 19.8 Å². The van der Waals surface area contributed by atoms with Gasteiger partial charge in [0.05, 0.1) is 29.6 Å². The van der Waals surface area contributed by atoms with E-state index in [0.717, 1.165) is 60.5 Å². The van der Waals surface area contributed by atoms with Gasteiger partial charge in [-0.2, -0.15) is 0 Å². The van der Waals surface area contributed by atoms with E-state index in [1.807, 2.05) is 48.5 Å². The van der Waals surface area contributed by atoms with Gasteiger partial charge in [-0.15, -0.1) is 11.8 Å². The molecular formula is C26H29N5O3S. The Hall–Kier alpha value is -3.17. The molecule has 5 rings (SSSR count). The number of aromatic nitrogens is 2. The van der Waals surface area contributed by atoms with Crippen LogP contribution in [0.1, 0.15) is 28.8 Å². The van der Waals surface area contributed by atoms with E-state index in [1.54, 1.807) is 13.2 Å². The van der Waals surface area contributed by atoms with Crippen LogP contribution in [0.5, 0.6) is 5.88 Å². The van der Waals surface area contributed by atoms with Crippen molar-refractivity contribution >= 4 is 40.3 Å². The summed E-state index contributed by atoms with van der Waals surface area (Å²) in [5, 5.41) is 2.87. The van der Waals surface area contributed by atoms with E-state index in [4.69, 9.17) is 4.74 Å². The molecule has 2 amide bonds. The number of hydrogen-bond acceptors (Lipinski definition) is 7. The van der Waals surface area contributed by atoms with Gasteiger partial charge in [0, 0.05) is 55.4 Å². The van der Waals surface area contributed by atoms with Crippen molar-refractivity contribution in [3.63, 3.8) is 0 Å². The van der Waals surface area contributed by atoms with Crippen molar-refractivity contribution in [1.29, 1.82) is 0 Å². The summed E-state index contributed by atoms with van der Waals surface area (Å²) in [5.74, 6) is 0.989. The van der Waals surface area contributed by atoms with Gasteiger partial charge in [-0.3, -0.25) is 14.6 Å². The molecule has 35 heavy (non-hydrogen) atoms. The summed E-state index contributed by atoms with van der Waals surface area (Å²) in [7, 11) is 3.51. The summed E-state index contributed by atoms with van der Waals surface area (Å²) in [6.45, 7) is 2.82. The molecule has 2 aliphatic rings. The third kappa shape index (κ3) is 5.11. The maximum Gasteiger partial charge on any atom is 0.253 e. The average molecular weight is 492 g/mol. The second-order valence-corrected chi connectivity index (χ2v) is 10.00. The number of ether oxygens (including phenoxy) is 1. The molecule has 182 valence electrons. The Balaban J connectivity index is 1.17. The molecule has 0 radical (unpaired) electrons. The van der Waals surface area contributed by atoms with Crippen molar-refractivity contribution in [3.8, 4) is 5.88 Å². The lowest BCUT2D eigenvalue weighted by Crippen LogP contribution is -2.46. The summed E-state index contributed by atoms with van der Waals surface area (Å²) >= 11 is 1.50. The SMILES string of the molecule is COc1ccc2nccc(CCN3CCC(N(C)C(=O)c4ccc5c(c4)NC(=O)CS5)CC3)c2n1. The number of anilines is 1. The van der Waals surface area contributed by atoms with Crippen molar-refractivity contribution in [2.45, 2.75) is 30.2 Å². The number of methoxy groups -OCH3 is 1. The number of amides is 2. The van der Waals surface area contributed by atoms with Gasteiger partial charge >= 0.3 is 0 Å². The number of nitrogens with zero attached hydrogens (tertiary/aromatic N) is 4. The third-order valence-corrected chi connectivity index (χ3v) is 7.91. The van der Waals surface area contributed by atoms with Crippen molar-refractivity contribution < 1.29 is 14.3 Å². The van der Waals surface area contributed by atoms with Gasteiger partial charge in [0.25, 0.3) is 5.91 Å². The molecule has 0 unspecified atom stereocenters. The predicted molar refractivity (Wildman–Crippen MR) is 137 cm³/mol. The van der Waals surface area contributed by atoms with Crippen LogP contribution in [0.15, 0.2) is 47.5 Å². The molecule has 0 spiro atoms. The highest BCUT2D eigenvalue weighted by Gasteiger charge is 2.27. The van der Waals surface area contributed by atoms with Crippen LogP contribution in [-0.2, 0) is 11.2 Å². The number of thioether (sulfide) groups is 1. The number of piperidine rings is 1. The van der Waals surface area contributed by atoms with Gasteiger partial charge in [-0.1, -0.05) is 0 Å². The van der Waals surface area contributed by atoms with E-state index in [2.05, 4.69) is 20.2 Å². The summed E-state index contributed by atoms with van der Waals surface area (Å²) in [4.78, 5) is 39.2. The largest absolute Gasteiger partial charge is 0.481 e. The van der Waals surface area contributed by atoms with Crippen LogP contribution in [0.2, 0.25) is 0 Å². The highest BCUT2D eigenvalue weighted by Crippen LogP contribution is 2.32. The quantitative estimate of drug-likeness (QED) is 0.565. The average Bonchev–Trinajstić information content (AvgIpc) is 2.90. The number of hydrogen-bond donors (Lipinski definition) is 1. The Kier molecular flexibility index (Phi) is 6.88. The number of carbonyl (C=O) groups excluding carboxylic acids is 2. The summed E-state index contributed by atoms with van der Waals surface area (Å²) in [6, 6.07) is 11.6. The van der Waals surface area contributed by atoms with Gasteiger partial charge < -0.3 is 19.9 Å². The molecule has 3 aromatic rings. The Morgan fingerprint density at radius 1 is 1.23 bits per heavy atom. The Bertz CT molecular complexity index is 1260. The first-order valence-electron chi connectivity index (χ1n) is 11.9. The molecule has 9 heteroatoms. The molecule has 0 aliphatic carbocycles. The lowest BCUT2D eigenvalue weighted by molar-refractivity contribution is -0.113. The normalized spacial score (nSPS) is 16.6. The minimum absolute atomic E-state index is 0.000602. The number of pyridine rings is 2. The maximum atomic E-state index is 13.1. The molecule has 0 atom stereocenters. The van der Waals surface area contributed by atoms with Crippen molar-refractivity contribution in [2.24, 2.45) is 0 Å². The molecule has 1 fully saturated rings. The first-order valence-corrected chi connectivity index (χ1v) is 12.9. The van der Waals surface area contributed by atoms with Crippen LogP contribution in [0.3, 0.4) is 0 Å². The van der Waals surface area contributed by atoms with Crippen molar-refractivity contribution in [2.75, 3.05) is 44.9 Å². The molecule has 8 nitrogen and oxygen atoms in total. The van der Waals surface area contributed by atoms with Crippen LogP contribution in [0.25, 0.3) is 11.0 Å². The second-order valence-electron chi connectivity index (χ2n) is 8.98. The minimum Gasteiger partial charge on any atom is -0.481 e. The zero-order valence-corrected chi connectivity index (χ0v) is 20.8. The van der Waals surface area contributed by atoms with E-state index in [-0.39, 0.29) is 17.9 Å². The predicted octanol–water partition coefficient (Wildman–Crippen LogP) is 3.46. The molecule has 0 saturated carbocycles. The first kappa shape index (κ1) is 23.6. The van der Waals surface area contributed by atoms with Gasteiger partial charge in [0.1, 0.15) is 0 Å². The standard InChI is InChI=1S/C26H29N5O3S/c1-30(26(33)18-3-5-22-21(15-18)28-23(32)16-35-22)19-9-13-31(14-10-19)12-8-17-7-11-27-20-4-6-24(34-2)29-25(17)20/h3-7,11,15,19H,8-10,12-14,16H2,1-2H3,(H,28,32). The summed E-state index contributed by atoms with van der Waals surface area (Å²) in [6.07, 6.45) is 4.59. The number of carbonyl (C=O) groups is 2. The molecular weight excluding hydrogens is 462 g/mol. The number of nitrogens with one attached hydrogen (secondary N) is 1. The fourth-order valence-electron chi connectivity index (χ4n) is 4.77. The summed E-state index contributed by atoms with van der Waals surface area (Å²) in [5.41, 5.74) is 4.29. The molecule has 0 bridgehead atoms. The van der Waals surface area contributed by atoms with Gasteiger partial charge in [0.15, 0.2) is 0 Å². The van der Waals surface area contributed by atoms with Gasteiger partial charge in [-0.25, -0.2) is 4.98 Å².